The molecule has 1 aromatic heterocycles. The van der Waals surface area contributed by atoms with Crippen molar-refractivity contribution < 1.29 is 0 Å². The van der Waals surface area contributed by atoms with E-state index in [0.717, 1.165) is 22.2 Å². The summed E-state index contributed by atoms with van der Waals surface area (Å²) >= 11 is 8.35. The Morgan fingerprint density at radius 2 is 1.79 bits per heavy atom. The lowest BCUT2D eigenvalue weighted by Crippen LogP contribution is -2.26. The molecule has 3 rings (SSSR count). The van der Waals surface area contributed by atoms with Gasteiger partial charge in [0.15, 0.2) is 0 Å². The second-order valence-electron chi connectivity index (χ2n) is 4.99. The first-order valence-corrected chi connectivity index (χ1v) is 7.92. The zero-order valence-corrected chi connectivity index (χ0v) is 13.4. The van der Waals surface area contributed by atoms with Crippen molar-refractivity contribution in [3.63, 3.8) is 0 Å². The zero-order valence-electron chi connectivity index (χ0n) is 10.4. The molecule has 0 bridgehead atoms. The highest BCUT2D eigenvalue weighted by Gasteiger charge is 2.40. The Labute approximate surface area is 131 Å². The second-order valence-corrected chi connectivity index (χ2v) is 6.51. The van der Waals surface area contributed by atoms with Crippen molar-refractivity contribution in [2.24, 2.45) is 0 Å². The Hall–Kier alpha value is -0.680. The van der Waals surface area contributed by atoms with E-state index in [4.69, 9.17) is 11.6 Å². The number of halogens is 2. The molecule has 0 radical (unpaired) electrons. The van der Waals surface area contributed by atoms with Crippen LogP contribution < -0.4 is 0 Å². The molecule has 1 saturated carbocycles. The first-order chi connectivity index (χ1) is 9.22. The van der Waals surface area contributed by atoms with Gasteiger partial charge in [0.05, 0.1) is 8.99 Å². The van der Waals surface area contributed by atoms with Crippen molar-refractivity contribution in [3.8, 4) is 0 Å². The number of rotatable bonds is 2. The van der Waals surface area contributed by atoms with Gasteiger partial charge in [-0.05, 0) is 41.0 Å². The average molecular weight is 385 g/mol. The lowest BCUT2D eigenvalue weighted by molar-refractivity contribution is 0.498. The van der Waals surface area contributed by atoms with Crippen LogP contribution in [0.2, 0.25) is 5.15 Å². The number of hydrogen-bond acceptors (Lipinski definition) is 2. The first kappa shape index (κ1) is 13.3. The van der Waals surface area contributed by atoms with E-state index in [2.05, 4.69) is 56.8 Å². The van der Waals surface area contributed by atoms with Crippen LogP contribution in [0.5, 0.6) is 0 Å². The van der Waals surface area contributed by atoms with Crippen molar-refractivity contribution in [2.75, 3.05) is 0 Å². The number of aromatic nitrogens is 2. The standard InChI is InChI=1S/C15H14ClIN2/c16-13-12(17)10-18-14(19-13)15(8-4-5-9-15)11-6-2-1-3-7-11/h1-3,6-7,10H,4-5,8-9H2. The van der Waals surface area contributed by atoms with Gasteiger partial charge in [0.1, 0.15) is 11.0 Å². The van der Waals surface area contributed by atoms with Crippen LogP contribution in [0.4, 0.5) is 0 Å². The zero-order chi connectivity index (χ0) is 13.3. The molecule has 1 aromatic carbocycles. The van der Waals surface area contributed by atoms with Crippen molar-refractivity contribution in [2.45, 2.75) is 31.1 Å². The third-order valence-corrected chi connectivity index (χ3v) is 5.31. The number of benzene rings is 1. The monoisotopic (exact) mass is 384 g/mol. The third kappa shape index (κ3) is 2.38. The molecule has 98 valence electrons. The van der Waals surface area contributed by atoms with E-state index >= 15 is 0 Å². The van der Waals surface area contributed by atoms with Gasteiger partial charge in [-0.2, -0.15) is 0 Å². The average Bonchev–Trinajstić information content (AvgIpc) is 2.93. The molecule has 1 aliphatic rings. The molecule has 1 aliphatic carbocycles. The molecule has 2 nitrogen and oxygen atoms in total. The van der Waals surface area contributed by atoms with Crippen molar-refractivity contribution >= 4 is 34.2 Å². The summed E-state index contributed by atoms with van der Waals surface area (Å²) in [4.78, 5) is 9.12. The Balaban J connectivity index is 2.13. The van der Waals surface area contributed by atoms with E-state index in [1.54, 1.807) is 0 Å². The van der Waals surface area contributed by atoms with Gasteiger partial charge in [0.2, 0.25) is 0 Å². The number of nitrogens with zero attached hydrogens (tertiary/aromatic N) is 2. The molecule has 0 N–H and O–H groups in total. The highest BCUT2D eigenvalue weighted by Crippen LogP contribution is 2.45. The van der Waals surface area contributed by atoms with Gasteiger partial charge in [-0.15, -0.1) is 0 Å². The molecule has 0 saturated heterocycles. The maximum atomic E-state index is 6.18. The Morgan fingerprint density at radius 1 is 1.11 bits per heavy atom. The lowest BCUT2D eigenvalue weighted by atomic mass is 9.78. The molecule has 1 heterocycles. The van der Waals surface area contributed by atoms with Crippen LogP contribution in [0.1, 0.15) is 37.1 Å². The second kappa shape index (κ2) is 5.37. The summed E-state index contributed by atoms with van der Waals surface area (Å²) in [6.07, 6.45) is 6.49. The SMILES string of the molecule is Clc1nc(C2(c3ccccc3)CCCC2)ncc1I. The Morgan fingerprint density at radius 3 is 2.42 bits per heavy atom. The molecule has 0 atom stereocenters. The summed E-state index contributed by atoms with van der Waals surface area (Å²) in [5.74, 6) is 0.876. The van der Waals surface area contributed by atoms with Gasteiger partial charge in [0.25, 0.3) is 0 Å². The molecule has 19 heavy (non-hydrogen) atoms. The van der Waals surface area contributed by atoms with Crippen LogP contribution in [-0.4, -0.2) is 9.97 Å². The maximum absolute atomic E-state index is 6.18. The van der Waals surface area contributed by atoms with Gasteiger partial charge in [-0.3, -0.25) is 0 Å². The van der Waals surface area contributed by atoms with Crippen LogP contribution in [0.3, 0.4) is 0 Å². The molecule has 0 spiro atoms. The molecule has 2 aromatic rings. The Kier molecular flexibility index (Phi) is 3.76. The van der Waals surface area contributed by atoms with E-state index in [1.807, 2.05) is 12.3 Å². The molecular weight excluding hydrogens is 371 g/mol. The van der Waals surface area contributed by atoms with E-state index in [0.29, 0.717) is 5.15 Å². The van der Waals surface area contributed by atoms with Crippen LogP contribution in [0, 0.1) is 3.57 Å². The summed E-state index contributed by atoms with van der Waals surface area (Å²) in [6.45, 7) is 0. The highest BCUT2D eigenvalue weighted by molar-refractivity contribution is 14.1. The summed E-state index contributed by atoms with van der Waals surface area (Å²) < 4.78 is 0.907. The predicted octanol–water partition coefficient (Wildman–Crippen LogP) is 4.59. The highest BCUT2D eigenvalue weighted by atomic mass is 127. The fraction of sp³-hybridized carbons (Fsp3) is 0.333. The van der Waals surface area contributed by atoms with Gasteiger partial charge in [-0.25, -0.2) is 9.97 Å². The van der Waals surface area contributed by atoms with Crippen LogP contribution in [-0.2, 0) is 5.41 Å². The number of hydrogen-bond donors (Lipinski definition) is 0. The van der Waals surface area contributed by atoms with E-state index < -0.39 is 0 Å². The van der Waals surface area contributed by atoms with Gasteiger partial charge >= 0.3 is 0 Å². The summed E-state index contributed by atoms with van der Waals surface area (Å²) in [5, 5.41) is 0.563. The van der Waals surface area contributed by atoms with Crippen LogP contribution in [0.25, 0.3) is 0 Å². The Bertz CT molecular complexity index is 580. The largest absolute Gasteiger partial charge is 0.239 e. The van der Waals surface area contributed by atoms with Crippen LogP contribution >= 0.6 is 34.2 Å². The first-order valence-electron chi connectivity index (χ1n) is 6.46. The van der Waals surface area contributed by atoms with E-state index in [-0.39, 0.29) is 5.41 Å². The molecule has 1 fully saturated rings. The summed E-state index contributed by atoms with van der Waals surface area (Å²) in [7, 11) is 0. The van der Waals surface area contributed by atoms with Crippen molar-refractivity contribution in [1.29, 1.82) is 0 Å². The van der Waals surface area contributed by atoms with E-state index in [9.17, 15) is 0 Å². The quantitative estimate of drug-likeness (QED) is 0.559. The molecule has 0 amide bonds. The molecule has 0 aliphatic heterocycles. The van der Waals surface area contributed by atoms with Gasteiger partial charge in [0, 0.05) is 6.20 Å². The fourth-order valence-electron chi connectivity index (χ4n) is 2.95. The lowest BCUT2D eigenvalue weighted by Gasteiger charge is -2.28. The molecule has 4 heteroatoms. The fourth-order valence-corrected chi connectivity index (χ4v) is 3.34. The maximum Gasteiger partial charge on any atom is 0.146 e. The van der Waals surface area contributed by atoms with Crippen molar-refractivity contribution in [3.05, 3.63) is 56.6 Å². The van der Waals surface area contributed by atoms with Gasteiger partial charge in [-0.1, -0.05) is 54.8 Å². The summed E-state index contributed by atoms with van der Waals surface area (Å²) in [5.41, 5.74) is 1.26. The summed E-state index contributed by atoms with van der Waals surface area (Å²) in [6, 6.07) is 10.6. The predicted molar refractivity (Wildman–Crippen MR) is 85.4 cm³/mol. The molecular formula is C15H14ClIN2. The molecule has 0 unspecified atom stereocenters. The third-order valence-electron chi connectivity index (χ3n) is 3.91. The van der Waals surface area contributed by atoms with Crippen LogP contribution in [0.15, 0.2) is 36.5 Å². The van der Waals surface area contributed by atoms with Crippen molar-refractivity contribution in [1.82, 2.24) is 9.97 Å². The smallest absolute Gasteiger partial charge is 0.146 e. The van der Waals surface area contributed by atoms with E-state index in [1.165, 1.54) is 18.4 Å². The normalized spacial score (nSPS) is 17.6. The van der Waals surface area contributed by atoms with Gasteiger partial charge < -0.3 is 0 Å². The minimum Gasteiger partial charge on any atom is -0.239 e. The minimum absolute atomic E-state index is 0.0464. The topological polar surface area (TPSA) is 25.8 Å². The minimum atomic E-state index is -0.0464.